The van der Waals surface area contributed by atoms with Gasteiger partial charge in [0, 0.05) is 24.8 Å². The molecule has 1 atom stereocenters. The molecule has 0 saturated carbocycles. The molecule has 0 unspecified atom stereocenters. The summed E-state index contributed by atoms with van der Waals surface area (Å²) in [6, 6.07) is 9.31. The molecule has 3 rings (SSSR count). The summed E-state index contributed by atoms with van der Waals surface area (Å²) in [4.78, 5) is 13.1. The molecule has 10 nitrogen and oxygen atoms in total. The van der Waals surface area contributed by atoms with E-state index in [0.29, 0.717) is 43.5 Å². The number of rotatable bonds is 9. The zero-order chi connectivity index (χ0) is 25.1. The van der Waals surface area contributed by atoms with E-state index in [1.54, 1.807) is 26.0 Å². The van der Waals surface area contributed by atoms with Gasteiger partial charge in [-0.25, -0.2) is 16.8 Å². The maximum atomic E-state index is 12.9. The lowest BCUT2D eigenvalue weighted by atomic mass is 10.2. The first-order valence-electron chi connectivity index (χ1n) is 10.8. The van der Waals surface area contributed by atoms with Crippen molar-refractivity contribution in [1.29, 1.82) is 0 Å². The van der Waals surface area contributed by atoms with Crippen LogP contribution in [0.1, 0.15) is 20.8 Å². The fraction of sp³-hybridized carbons (Fsp3) is 0.409. The predicted molar refractivity (Wildman–Crippen MR) is 129 cm³/mol. The number of carbonyl (C=O) groups is 1. The topological polar surface area (TPSA) is 122 Å². The summed E-state index contributed by atoms with van der Waals surface area (Å²) in [7, 11) is -7.46. The van der Waals surface area contributed by atoms with Crippen LogP contribution < -0.4 is 19.1 Å². The minimum absolute atomic E-state index is 0.108. The number of hydrogen-bond donors (Lipinski definition) is 1. The molecule has 0 saturated heterocycles. The van der Waals surface area contributed by atoms with E-state index in [4.69, 9.17) is 9.47 Å². The van der Waals surface area contributed by atoms with Crippen molar-refractivity contribution in [2.45, 2.75) is 31.7 Å². The lowest BCUT2D eigenvalue weighted by Gasteiger charge is -2.29. The molecular formula is C22H29N3O7S2. The maximum Gasteiger partial charge on any atom is 0.247 e. The first-order chi connectivity index (χ1) is 16.0. The van der Waals surface area contributed by atoms with Gasteiger partial charge in [-0.15, -0.1) is 0 Å². The Morgan fingerprint density at radius 2 is 1.56 bits per heavy atom. The second-order valence-corrected chi connectivity index (χ2v) is 11.5. The van der Waals surface area contributed by atoms with Crippen LogP contribution in [0.4, 0.5) is 11.4 Å². The van der Waals surface area contributed by atoms with Crippen LogP contribution in [0.15, 0.2) is 47.4 Å². The van der Waals surface area contributed by atoms with Crippen molar-refractivity contribution in [2.24, 2.45) is 0 Å². The molecule has 1 amide bonds. The molecule has 0 bridgehead atoms. The number of sulfonamides is 2. The highest BCUT2D eigenvalue weighted by Crippen LogP contribution is 2.35. The van der Waals surface area contributed by atoms with E-state index in [9.17, 15) is 21.6 Å². The summed E-state index contributed by atoms with van der Waals surface area (Å²) < 4.78 is 63.8. The quantitative estimate of drug-likeness (QED) is 0.548. The maximum absolute atomic E-state index is 12.9. The van der Waals surface area contributed by atoms with Crippen LogP contribution >= 0.6 is 0 Å². The van der Waals surface area contributed by atoms with Crippen LogP contribution in [0.5, 0.6) is 11.5 Å². The molecule has 2 aromatic carbocycles. The molecule has 0 spiro atoms. The predicted octanol–water partition coefficient (Wildman–Crippen LogP) is 2.28. The summed E-state index contributed by atoms with van der Waals surface area (Å²) in [6.45, 7) is 6.40. The number of benzene rings is 2. The lowest BCUT2D eigenvalue weighted by Crippen LogP contribution is -2.45. The average Bonchev–Trinajstić information content (AvgIpc) is 2.79. The van der Waals surface area contributed by atoms with E-state index in [0.717, 1.165) is 10.6 Å². The number of fused-ring (bicyclic) bond motifs is 1. The molecule has 1 N–H and O–H groups in total. The van der Waals surface area contributed by atoms with Gasteiger partial charge in [0.15, 0.2) is 11.5 Å². The molecule has 34 heavy (non-hydrogen) atoms. The van der Waals surface area contributed by atoms with Crippen molar-refractivity contribution in [3.63, 3.8) is 0 Å². The van der Waals surface area contributed by atoms with Crippen molar-refractivity contribution in [1.82, 2.24) is 4.31 Å². The zero-order valence-electron chi connectivity index (χ0n) is 19.5. The Kier molecular flexibility index (Phi) is 7.74. The Labute approximate surface area is 200 Å². The van der Waals surface area contributed by atoms with Crippen LogP contribution in [0.25, 0.3) is 0 Å². The molecule has 1 aliphatic rings. The SMILES string of the molecule is CCN(CC)S(=O)(=O)c1ccc(NC(=O)[C@H](C)N(c2ccc3c(c2)OCCO3)S(C)(=O)=O)cc1. The third kappa shape index (κ3) is 5.45. The van der Waals surface area contributed by atoms with Crippen LogP contribution in [0.3, 0.4) is 0 Å². The van der Waals surface area contributed by atoms with Gasteiger partial charge in [-0.1, -0.05) is 13.8 Å². The van der Waals surface area contributed by atoms with Crippen LogP contribution in [-0.2, 0) is 24.8 Å². The van der Waals surface area contributed by atoms with Crippen molar-refractivity contribution in [2.75, 3.05) is 42.2 Å². The van der Waals surface area contributed by atoms with Gasteiger partial charge in [0.25, 0.3) is 0 Å². The van der Waals surface area contributed by atoms with Gasteiger partial charge in [-0.3, -0.25) is 9.10 Å². The summed E-state index contributed by atoms with van der Waals surface area (Å²) in [6.07, 6.45) is 1.01. The number of ether oxygens (including phenoxy) is 2. The van der Waals surface area contributed by atoms with Gasteiger partial charge < -0.3 is 14.8 Å². The fourth-order valence-corrected chi connectivity index (χ4v) is 6.27. The number of anilines is 2. The normalized spacial score (nSPS) is 14.5. The summed E-state index contributed by atoms with van der Waals surface area (Å²) in [5, 5.41) is 2.65. The molecule has 2 aromatic rings. The number of nitrogens with zero attached hydrogens (tertiary/aromatic N) is 2. The Morgan fingerprint density at radius 1 is 0.971 bits per heavy atom. The van der Waals surface area contributed by atoms with E-state index in [1.807, 2.05) is 0 Å². The Hall–Kier alpha value is -2.83. The van der Waals surface area contributed by atoms with E-state index >= 15 is 0 Å². The van der Waals surface area contributed by atoms with Gasteiger partial charge in [-0.05, 0) is 43.3 Å². The highest BCUT2D eigenvalue weighted by molar-refractivity contribution is 7.92. The smallest absolute Gasteiger partial charge is 0.247 e. The number of nitrogens with one attached hydrogen (secondary N) is 1. The Bertz CT molecular complexity index is 1240. The van der Waals surface area contributed by atoms with Crippen LogP contribution in [0, 0.1) is 0 Å². The highest BCUT2D eigenvalue weighted by Gasteiger charge is 2.30. The van der Waals surface area contributed by atoms with Crippen molar-refractivity contribution in [3.05, 3.63) is 42.5 Å². The summed E-state index contributed by atoms with van der Waals surface area (Å²) >= 11 is 0. The minimum Gasteiger partial charge on any atom is -0.486 e. The number of amides is 1. The first kappa shape index (κ1) is 25.8. The largest absolute Gasteiger partial charge is 0.486 e. The third-order valence-electron chi connectivity index (χ3n) is 5.33. The van der Waals surface area contributed by atoms with Crippen molar-refractivity contribution >= 4 is 37.3 Å². The molecule has 0 fully saturated rings. The molecule has 12 heteroatoms. The second-order valence-electron chi connectivity index (χ2n) is 7.67. The van der Waals surface area contributed by atoms with E-state index in [-0.39, 0.29) is 10.6 Å². The average molecular weight is 512 g/mol. The fourth-order valence-electron chi connectivity index (χ4n) is 3.65. The molecular weight excluding hydrogens is 482 g/mol. The third-order valence-corrected chi connectivity index (χ3v) is 8.64. The second kappa shape index (κ2) is 10.2. The molecule has 1 aliphatic heterocycles. The Balaban J connectivity index is 1.81. The van der Waals surface area contributed by atoms with Crippen molar-refractivity contribution in [3.8, 4) is 11.5 Å². The number of carbonyl (C=O) groups excluding carboxylic acids is 1. The molecule has 1 heterocycles. The van der Waals surface area contributed by atoms with E-state index in [1.165, 1.54) is 41.6 Å². The molecule has 0 aromatic heterocycles. The lowest BCUT2D eigenvalue weighted by molar-refractivity contribution is -0.116. The summed E-state index contributed by atoms with van der Waals surface area (Å²) in [5.41, 5.74) is 0.598. The molecule has 186 valence electrons. The van der Waals surface area contributed by atoms with Gasteiger partial charge >= 0.3 is 0 Å². The standard InChI is InChI=1S/C22H29N3O7S2/c1-5-24(6-2)34(29,30)19-10-7-17(8-11-19)23-22(26)16(3)25(33(4,27)28)18-9-12-20-21(15-18)32-14-13-31-20/h7-12,15-16H,5-6,13-14H2,1-4H3,(H,23,26)/t16-/m0/s1. The van der Waals surface area contributed by atoms with E-state index < -0.39 is 32.0 Å². The van der Waals surface area contributed by atoms with Gasteiger partial charge in [0.1, 0.15) is 19.3 Å². The number of hydrogen-bond acceptors (Lipinski definition) is 7. The Morgan fingerprint density at radius 3 is 2.12 bits per heavy atom. The van der Waals surface area contributed by atoms with Gasteiger partial charge in [-0.2, -0.15) is 4.31 Å². The zero-order valence-corrected chi connectivity index (χ0v) is 21.1. The van der Waals surface area contributed by atoms with Gasteiger partial charge in [0.05, 0.1) is 16.8 Å². The molecule has 0 aliphatic carbocycles. The van der Waals surface area contributed by atoms with Gasteiger partial charge in [0.2, 0.25) is 26.0 Å². The van der Waals surface area contributed by atoms with E-state index in [2.05, 4.69) is 5.32 Å². The minimum atomic E-state index is -3.83. The summed E-state index contributed by atoms with van der Waals surface area (Å²) in [5.74, 6) is 0.315. The highest BCUT2D eigenvalue weighted by atomic mass is 32.2. The first-order valence-corrected chi connectivity index (χ1v) is 14.1. The molecule has 0 radical (unpaired) electrons. The van der Waals surface area contributed by atoms with Crippen molar-refractivity contribution < 1.29 is 31.1 Å². The van der Waals surface area contributed by atoms with Crippen LogP contribution in [-0.4, -0.2) is 65.6 Å². The van der Waals surface area contributed by atoms with Crippen LogP contribution in [0.2, 0.25) is 0 Å². The monoisotopic (exact) mass is 511 g/mol.